The minimum atomic E-state index is -0.324. The van der Waals surface area contributed by atoms with Gasteiger partial charge in [-0.1, -0.05) is 0 Å². The molecule has 2 heterocycles. The third kappa shape index (κ3) is 2.44. The first-order valence-corrected chi connectivity index (χ1v) is 5.74. The maximum absolute atomic E-state index is 11.5. The zero-order chi connectivity index (χ0) is 13.1. The van der Waals surface area contributed by atoms with Crippen molar-refractivity contribution in [2.24, 2.45) is 0 Å². The van der Waals surface area contributed by atoms with Crippen LogP contribution in [0.3, 0.4) is 0 Å². The summed E-state index contributed by atoms with van der Waals surface area (Å²) in [4.78, 5) is 31.0. The van der Waals surface area contributed by atoms with E-state index in [1.807, 2.05) is 0 Å². The summed E-state index contributed by atoms with van der Waals surface area (Å²) in [6.07, 6.45) is 2.55. The predicted molar refractivity (Wildman–Crippen MR) is 65.7 cm³/mol. The van der Waals surface area contributed by atoms with Crippen molar-refractivity contribution in [2.75, 3.05) is 26.0 Å². The van der Waals surface area contributed by atoms with E-state index in [1.54, 1.807) is 11.9 Å². The Morgan fingerprint density at radius 2 is 2.33 bits per heavy atom. The molecule has 1 unspecified atom stereocenters. The van der Waals surface area contributed by atoms with E-state index in [0.717, 1.165) is 6.42 Å². The number of rotatable bonds is 3. The molecule has 98 valence electrons. The van der Waals surface area contributed by atoms with Gasteiger partial charge in [-0.3, -0.25) is 9.59 Å². The summed E-state index contributed by atoms with van der Waals surface area (Å²) in [5, 5.41) is 3.14. The standard InChI is InChI=1S/C11H16N4O3/c1-15-5-7(3-4-8(15)16)14-10-9(18-2)11(17)13-6-12-10/h6-7H,3-5H2,1-2H3,(H2,12,13,14,17). The molecule has 0 bridgehead atoms. The minimum absolute atomic E-state index is 0.0795. The molecule has 1 amide bonds. The topological polar surface area (TPSA) is 87.3 Å². The predicted octanol–water partition coefficient (Wildman–Crippen LogP) is -0.189. The van der Waals surface area contributed by atoms with E-state index in [0.29, 0.717) is 18.8 Å². The quantitative estimate of drug-likeness (QED) is 0.778. The van der Waals surface area contributed by atoms with Gasteiger partial charge in [0.15, 0.2) is 5.82 Å². The number of carbonyl (C=O) groups excluding carboxylic acids is 1. The molecule has 0 spiro atoms. The number of nitrogens with one attached hydrogen (secondary N) is 2. The number of aromatic amines is 1. The number of amides is 1. The summed E-state index contributed by atoms with van der Waals surface area (Å²) in [7, 11) is 3.19. The van der Waals surface area contributed by atoms with Gasteiger partial charge in [-0.25, -0.2) is 4.98 Å². The molecule has 7 nitrogen and oxygen atoms in total. The molecule has 0 aromatic carbocycles. The molecule has 0 radical (unpaired) electrons. The fourth-order valence-corrected chi connectivity index (χ4v) is 2.00. The van der Waals surface area contributed by atoms with Crippen LogP contribution in [0.25, 0.3) is 0 Å². The van der Waals surface area contributed by atoms with Gasteiger partial charge >= 0.3 is 0 Å². The third-order valence-corrected chi connectivity index (χ3v) is 2.98. The Balaban J connectivity index is 2.12. The number of likely N-dealkylation sites (N-methyl/N-ethyl adjacent to an activating group) is 1. The molecule has 1 aliphatic rings. The van der Waals surface area contributed by atoms with Gasteiger partial charge in [-0.15, -0.1) is 0 Å². The number of methoxy groups -OCH3 is 1. The highest BCUT2D eigenvalue weighted by Gasteiger charge is 2.24. The fraction of sp³-hybridized carbons (Fsp3) is 0.545. The number of H-pyrrole nitrogens is 1. The molecule has 2 N–H and O–H groups in total. The number of hydrogen-bond donors (Lipinski definition) is 2. The lowest BCUT2D eigenvalue weighted by Gasteiger charge is -2.30. The molecule has 1 saturated heterocycles. The van der Waals surface area contributed by atoms with Crippen LogP contribution in [-0.4, -0.2) is 47.5 Å². The van der Waals surface area contributed by atoms with Crippen LogP contribution >= 0.6 is 0 Å². The molecule has 0 saturated carbocycles. The molecule has 1 atom stereocenters. The van der Waals surface area contributed by atoms with Gasteiger partial charge in [-0.05, 0) is 6.42 Å². The van der Waals surface area contributed by atoms with Crippen LogP contribution in [0.4, 0.5) is 5.82 Å². The number of carbonyl (C=O) groups is 1. The van der Waals surface area contributed by atoms with E-state index in [9.17, 15) is 9.59 Å². The Morgan fingerprint density at radius 3 is 3.00 bits per heavy atom. The smallest absolute Gasteiger partial charge is 0.295 e. The molecule has 1 aromatic rings. The Kier molecular flexibility index (Phi) is 3.50. The summed E-state index contributed by atoms with van der Waals surface area (Å²) >= 11 is 0. The van der Waals surface area contributed by atoms with Crippen LogP contribution < -0.4 is 15.6 Å². The number of piperidine rings is 1. The van der Waals surface area contributed by atoms with E-state index in [-0.39, 0.29) is 23.3 Å². The zero-order valence-corrected chi connectivity index (χ0v) is 10.4. The van der Waals surface area contributed by atoms with E-state index >= 15 is 0 Å². The van der Waals surface area contributed by atoms with Crippen LogP contribution in [0.5, 0.6) is 5.75 Å². The van der Waals surface area contributed by atoms with Crippen LogP contribution in [0.1, 0.15) is 12.8 Å². The van der Waals surface area contributed by atoms with Crippen molar-refractivity contribution in [1.29, 1.82) is 0 Å². The second kappa shape index (κ2) is 5.07. The second-order valence-corrected chi connectivity index (χ2v) is 4.27. The summed E-state index contributed by atoms with van der Waals surface area (Å²) in [6.45, 7) is 0.594. The van der Waals surface area contributed by atoms with Crippen molar-refractivity contribution < 1.29 is 9.53 Å². The number of ether oxygens (including phenoxy) is 1. The monoisotopic (exact) mass is 252 g/mol. The zero-order valence-electron chi connectivity index (χ0n) is 10.4. The third-order valence-electron chi connectivity index (χ3n) is 2.98. The lowest BCUT2D eigenvalue weighted by molar-refractivity contribution is -0.132. The molecular formula is C11H16N4O3. The highest BCUT2D eigenvalue weighted by Crippen LogP contribution is 2.19. The number of hydrogen-bond acceptors (Lipinski definition) is 5. The first-order chi connectivity index (χ1) is 8.61. The lowest BCUT2D eigenvalue weighted by atomic mass is 10.1. The minimum Gasteiger partial charge on any atom is -0.489 e. The fourth-order valence-electron chi connectivity index (χ4n) is 2.00. The van der Waals surface area contributed by atoms with Crippen molar-refractivity contribution in [2.45, 2.75) is 18.9 Å². The van der Waals surface area contributed by atoms with Crippen molar-refractivity contribution in [3.8, 4) is 5.75 Å². The number of likely N-dealkylation sites (tertiary alicyclic amines) is 1. The van der Waals surface area contributed by atoms with E-state index < -0.39 is 0 Å². The van der Waals surface area contributed by atoms with Gasteiger partial charge in [0.05, 0.1) is 13.4 Å². The van der Waals surface area contributed by atoms with Gasteiger partial charge in [-0.2, -0.15) is 0 Å². The molecule has 2 rings (SSSR count). The van der Waals surface area contributed by atoms with Crippen LogP contribution in [0.15, 0.2) is 11.1 Å². The summed E-state index contributed by atoms with van der Waals surface area (Å²) in [5.41, 5.74) is -0.324. The van der Waals surface area contributed by atoms with E-state index in [4.69, 9.17) is 4.74 Å². The molecule has 1 fully saturated rings. The van der Waals surface area contributed by atoms with Crippen molar-refractivity contribution in [3.05, 3.63) is 16.7 Å². The largest absolute Gasteiger partial charge is 0.489 e. The molecular weight excluding hydrogens is 236 g/mol. The summed E-state index contributed by atoms with van der Waals surface area (Å²) < 4.78 is 5.02. The van der Waals surface area contributed by atoms with Gasteiger partial charge in [0.2, 0.25) is 11.7 Å². The number of aromatic nitrogens is 2. The SMILES string of the molecule is COc1c(NC2CCC(=O)N(C)C2)nc[nH]c1=O. The molecule has 1 aromatic heterocycles. The maximum atomic E-state index is 11.5. The number of anilines is 1. The van der Waals surface area contributed by atoms with Gasteiger partial charge in [0.1, 0.15) is 0 Å². The lowest BCUT2D eigenvalue weighted by Crippen LogP contribution is -2.43. The van der Waals surface area contributed by atoms with Crippen molar-refractivity contribution in [3.63, 3.8) is 0 Å². The van der Waals surface area contributed by atoms with E-state index in [2.05, 4.69) is 15.3 Å². The Hall–Kier alpha value is -2.05. The van der Waals surface area contributed by atoms with Crippen molar-refractivity contribution in [1.82, 2.24) is 14.9 Å². The van der Waals surface area contributed by atoms with Crippen LogP contribution in [-0.2, 0) is 4.79 Å². The van der Waals surface area contributed by atoms with Crippen LogP contribution in [0.2, 0.25) is 0 Å². The first kappa shape index (κ1) is 12.4. The van der Waals surface area contributed by atoms with Gasteiger partial charge in [0, 0.05) is 26.1 Å². The van der Waals surface area contributed by atoms with E-state index in [1.165, 1.54) is 13.4 Å². The Morgan fingerprint density at radius 1 is 1.56 bits per heavy atom. The van der Waals surface area contributed by atoms with Gasteiger partial charge < -0.3 is 19.9 Å². The summed E-state index contributed by atoms with van der Waals surface area (Å²) in [5.74, 6) is 0.713. The highest BCUT2D eigenvalue weighted by molar-refractivity contribution is 5.77. The molecule has 1 aliphatic heterocycles. The molecule has 0 aliphatic carbocycles. The van der Waals surface area contributed by atoms with Gasteiger partial charge in [0.25, 0.3) is 5.56 Å². The molecule has 7 heteroatoms. The number of nitrogens with zero attached hydrogens (tertiary/aromatic N) is 2. The highest BCUT2D eigenvalue weighted by atomic mass is 16.5. The normalized spacial score (nSPS) is 19.8. The average molecular weight is 252 g/mol. The van der Waals surface area contributed by atoms with Crippen molar-refractivity contribution >= 4 is 11.7 Å². The first-order valence-electron chi connectivity index (χ1n) is 5.74. The maximum Gasteiger partial charge on any atom is 0.295 e. The summed E-state index contributed by atoms with van der Waals surface area (Å²) in [6, 6.07) is 0.0795. The Labute approximate surface area is 104 Å². The van der Waals surface area contributed by atoms with Crippen LogP contribution in [0, 0.1) is 0 Å². The molecule has 18 heavy (non-hydrogen) atoms. The Bertz CT molecular complexity index is 499. The second-order valence-electron chi connectivity index (χ2n) is 4.27. The average Bonchev–Trinajstić information content (AvgIpc) is 2.34.